The van der Waals surface area contributed by atoms with Crippen LogP contribution in [0.2, 0.25) is 0 Å². The number of fused-ring (bicyclic) bond motifs is 1. The van der Waals surface area contributed by atoms with Crippen molar-refractivity contribution in [3.63, 3.8) is 0 Å². The van der Waals surface area contributed by atoms with E-state index in [9.17, 15) is 9.59 Å². The fourth-order valence-corrected chi connectivity index (χ4v) is 2.49. The Morgan fingerprint density at radius 3 is 2.56 bits per heavy atom. The Balaban J connectivity index is 1.78. The van der Waals surface area contributed by atoms with Crippen molar-refractivity contribution in [2.75, 3.05) is 6.61 Å². The number of hydrogen-bond donors (Lipinski definition) is 0. The van der Waals surface area contributed by atoms with Crippen LogP contribution in [0.4, 0.5) is 0 Å². The molecule has 0 radical (unpaired) electrons. The number of carbonyl (C=O) groups excluding carboxylic acids is 1. The molecule has 0 aliphatic rings. The van der Waals surface area contributed by atoms with Crippen LogP contribution in [0, 0.1) is 0 Å². The summed E-state index contributed by atoms with van der Waals surface area (Å²) in [4.78, 5) is 28.4. The summed E-state index contributed by atoms with van der Waals surface area (Å²) in [6, 6.07) is 14.0. The van der Waals surface area contributed by atoms with Crippen molar-refractivity contribution in [1.29, 1.82) is 0 Å². The van der Waals surface area contributed by atoms with Gasteiger partial charge in [-0.05, 0) is 43.3 Å². The fourth-order valence-electron chi connectivity index (χ4n) is 2.49. The standard InChI is InChI=1S/C19H18N2O4/c1-3-24-19(23)13-8-10-14(11-9-13)25-12-16-18(22)21(2)17-7-5-4-6-15(17)20-16/h4-11H,3,12H2,1-2H3. The van der Waals surface area contributed by atoms with Crippen molar-refractivity contribution in [2.24, 2.45) is 7.05 Å². The Morgan fingerprint density at radius 2 is 1.84 bits per heavy atom. The van der Waals surface area contributed by atoms with Crippen LogP contribution in [0.5, 0.6) is 5.75 Å². The number of aromatic nitrogens is 2. The topological polar surface area (TPSA) is 70.4 Å². The van der Waals surface area contributed by atoms with Crippen LogP contribution < -0.4 is 10.3 Å². The molecule has 3 aromatic rings. The predicted molar refractivity (Wildman–Crippen MR) is 93.7 cm³/mol. The first-order valence-corrected chi connectivity index (χ1v) is 7.94. The van der Waals surface area contributed by atoms with E-state index in [4.69, 9.17) is 9.47 Å². The Kier molecular flexibility index (Phi) is 4.79. The van der Waals surface area contributed by atoms with Crippen LogP contribution in [0.3, 0.4) is 0 Å². The average Bonchev–Trinajstić information content (AvgIpc) is 2.64. The molecule has 6 nitrogen and oxygen atoms in total. The first kappa shape index (κ1) is 16.7. The third-order valence-corrected chi connectivity index (χ3v) is 3.79. The van der Waals surface area contributed by atoms with Crippen molar-refractivity contribution in [3.8, 4) is 5.75 Å². The highest BCUT2D eigenvalue weighted by Gasteiger charge is 2.10. The summed E-state index contributed by atoms with van der Waals surface area (Å²) in [5.74, 6) is 0.171. The molecular formula is C19H18N2O4. The van der Waals surface area contributed by atoms with Crippen LogP contribution >= 0.6 is 0 Å². The molecule has 25 heavy (non-hydrogen) atoms. The smallest absolute Gasteiger partial charge is 0.338 e. The second-order valence-corrected chi connectivity index (χ2v) is 5.44. The Labute approximate surface area is 144 Å². The van der Waals surface area contributed by atoms with E-state index in [1.54, 1.807) is 42.8 Å². The molecule has 0 atom stereocenters. The Hall–Kier alpha value is -3.15. The lowest BCUT2D eigenvalue weighted by molar-refractivity contribution is 0.0526. The number of aryl methyl sites for hydroxylation is 1. The lowest BCUT2D eigenvalue weighted by Gasteiger charge is -2.09. The van der Waals surface area contributed by atoms with Crippen LogP contribution in [0.25, 0.3) is 11.0 Å². The number of carbonyl (C=O) groups is 1. The summed E-state index contributed by atoms with van der Waals surface area (Å²) in [7, 11) is 1.71. The third-order valence-electron chi connectivity index (χ3n) is 3.79. The maximum Gasteiger partial charge on any atom is 0.338 e. The summed E-state index contributed by atoms with van der Waals surface area (Å²) < 4.78 is 12.1. The first-order chi connectivity index (χ1) is 12.1. The van der Waals surface area contributed by atoms with Crippen LogP contribution in [-0.2, 0) is 18.4 Å². The molecule has 0 bridgehead atoms. The minimum absolute atomic E-state index is 0.0518. The molecule has 128 valence electrons. The van der Waals surface area contributed by atoms with Gasteiger partial charge in [0, 0.05) is 7.05 Å². The lowest BCUT2D eigenvalue weighted by Crippen LogP contribution is -2.24. The number of para-hydroxylation sites is 2. The van der Waals surface area contributed by atoms with E-state index in [0.717, 1.165) is 11.0 Å². The molecule has 0 N–H and O–H groups in total. The van der Waals surface area contributed by atoms with Crippen LogP contribution in [-0.4, -0.2) is 22.1 Å². The Bertz CT molecular complexity index is 961. The van der Waals surface area contributed by atoms with Gasteiger partial charge in [0.1, 0.15) is 18.1 Å². The van der Waals surface area contributed by atoms with E-state index in [1.165, 1.54) is 0 Å². The molecule has 6 heteroatoms. The normalized spacial score (nSPS) is 10.6. The highest BCUT2D eigenvalue weighted by molar-refractivity contribution is 5.89. The monoisotopic (exact) mass is 338 g/mol. The van der Waals surface area contributed by atoms with E-state index in [-0.39, 0.29) is 18.1 Å². The lowest BCUT2D eigenvalue weighted by atomic mass is 10.2. The largest absolute Gasteiger partial charge is 0.487 e. The molecule has 2 aromatic carbocycles. The molecule has 1 aromatic heterocycles. The van der Waals surface area contributed by atoms with Gasteiger partial charge in [-0.3, -0.25) is 4.79 Å². The summed E-state index contributed by atoms with van der Waals surface area (Å²) in [5.41, 5.74) is 2.10. The molecule has 0 unspecified atom stereocenters. The highest BCUT2D eigenvalue weighted by atomic mass is 16.5. The van der Waals surface area contributed by atoms with Gasteiger partial charge in [-0.25, -0.2) is 9.78 Å². The minimum atomic E-state index is -0.376. The second kappa shape index (κ2) is 7.17. The average molecular weight is 338 g/mol. The number of rotatable bonds is 5. The zero-order valence-corrected chi connectivity index (χ0v) is 14.1. The molecule has 0 saturated carbocycles. The maximum atomic E-state index is 12.4. The van der Waals surface area contributed by atoms with Crippen molar-refractivity contribution < 1.29 is 14.3 Å². The van der Waals surface area contributed by atoms with E-state index < -0.39 is 0 Å². The van der Waals surface area contributed by atoms with Crippen LogP contribution in [0.15, 0.2) is 53.3 Å². The molecule has 1 heterocycles. The number of ether oxygens (including phenoxy) is 2. The minimum Gasteiger partial charge on any atom is -0.487 e. The van der Waals surface area contributed by atoms with Crippen molar-refractivity contribution in [1.82, 2.24) is 9.55 Å². The van der Waals surface area contributed by atoms with Gasteiger partial charge in [-0.1, -0.05) is 12.1 Å². The fraction of sp³-hybridized carbons (Fsp3) is 0.211. The molecule has 0 fully saturated rings. The molecule has 3 rings (SSSR count). The van der Waals surface area contributed by atoms with E-state index in [1.807, 2.05) is 24.3 Å². The van der Waals surface area contributed by atoms with Gasteiger partial charge in [0.05, 0.1) is 23.2 Å². The van der Waals surface area contributed by atoms with Gasteiger partial charge in [-0.15, -0.1) is 0 Å². The number of esters is 1. The molecule has 0 aliphatic carbocycles. The second-order valence-electron chi connectivity index (χ2n) is 5.44. The number of hydrogen-bond acceptors (Lipinski definition) is 5. The summed E-state index contributed by atoms with van der Waals surface area (Å²) in [6.45, 7) is 2.14. The number of nitrogens with zero attached hydrogens (tertiary/aromatic N) is 2. The van der Waals surface area contributed by atoms with Gasteiger partial charge in [0.25, 0.3) is 5.56 Å². The first-order valence-electron chi connectivity index (χ1n) is 7.94. The zero-order valence-electron chi connectivity index (χ0n) is 14.1. The van der Waals surface area contributed by atoms with E-state index >= 15 is 0 Å². The van der Waals surface area contributed by atoms with Gasteiger partial charge in [0.15, 0.2) is 0 Å². The molecule has 0 spiro atoms. The predicted octanol–water partition coefficient (Wildman–Crippen LogP) is 2.69. The van der Waals surface area contributed by atoms with Gasteiger partial charge < -0.3 is 14.0 Å². The Morgan fingerprint density at radius 1 is 1.12 bits per heavy atom. The van der Waals surface area contributed by atoms with Crippen molar-refractivity contribution in [3.05, 3.63) is 70.1 Å². The molecule has 0 saturated heterocycles. The van der Waals surface area contributed by atoms with Crippen molar-refractivity contribution >= 4 is 17.0 Å². The number of benzene rings is 2. The zero-order chi connectivity index (χ0) is 17.8. The SMILES string of the molecule is CCOC(=O)c1ccc(OCc2nc3ccccc3n(C)c2=O)cc1. The van der Waals surface area contributed by atoms with E-state index in [2.05, 4.69) is 4.98 Å². The summed E-state index contributed by atoms with van der Waals surface area (Å²) in [6.07, 6.45) is 0. The van der Waals surface area contributed by atoms with Crippen molar-refractivity contribution in [2.45, 2.75) is 13.5 Å². The third kappa shape index (κ3) is 3.52. The molecular weight excluding hydrogens is 320 g/mol. The van der Waals surface area contributed by atoms with Gasteiger partial charge in [-0.2, -0.15) is 0 Å². The van der Waals surface area contributed by atoms with E-state index in [0.29, 0.717) is 23.6 Å². The summed E-state index contributed by atoms with van der Waals surface area (Å²) >= 11 is 0. The highest BCUT2D eigenvalue weighted by Crippen LogP contribution is 2.15. The maximum absolute atomic E-state index is 12.4. The molecule has 0 amide bonds. The van der Waals surface area contributed by atoms with Gasteiger partial charge in [0.2, 0.25) is 0 Å². The summed E-state index contributed by atoms with van der Waals surface area (Å²) in [5, 5.41) is 0. The van der Waals surface area contributed by atoms with Crippen LogP contribution in [0.1, 0.15) is 23.0 Å². The molecule has 0 aliphatic heterocycles. The quantitative estimate of drug-likeness (QED) is 0.669. The van der Waals surface area contributed by atoms with Gasteiger partial charge >= 0.3 is 5.97 Å².